The lowest BCUT2D eigenvalue weighted by molar-refractivity contribution is 0.147. The highest BCUT2D eigenvalue weighted by atomic mass is 16.4. The Balaban J connectivity index is 2.24. The molecule has 98 valence electrons. The van der Waals surface area contributed by atoms with Crippen molar-refractivity contribution >= 4 is 11.0 Å². The van der Waals surface area contributed by atoms with Gasteiger partial charge in [-0.25, -0.2) is 0 Å². The lowest BCUT2D eigenvalue weighted by Gasteiger charge is -2.11. The molecule has 0 spiro atoms. The largest absolute Gasteiger partial charge is 0.458 e. The van der Waals surface area contributed by atoms with Crippen molar-refractivity contribution in [3.63, 3.8) is 0 Å². The highest BCUT2D eigenvalue weighted by Crippen LogP contribution is 2.26. The monoisotopic (exact) mass is 247 g/mol. The first-order chi connectivity index (χ1) is 8.61. The SMILES string of the molecule is CCc1cccc2cc(C(O)CNC(C)C)oc12. The van der Waals surface area contributed by atoms with Gasteiger partial charge in [-0.3, -0.25) is 0 Å². The van der Waals surface area contributed by atoms with Crippen LogP contribution in [0.25, 0.3) is 11.0 Å². The quantitative estimate of drug-likeness (QED) is 0.853. The van der Waals surface area contributed by atoms with Crippen molar-refractivity contribution in [2.75, 3.05) is 6.54 Å². The Morgan fingerprint density at radius 1 is 1.33 bits per heavy atom. The molecule has 0 aliphatic heterocycles. The van der Waals surface area contributed by atoms with Crippen LogP contribution in [0.3, 0.4) is 0 Å². The summed E-state index contributed by atoms with van der Waals surface area (Å²) in [5.41, 5.74) is 2.08. The zero-order valence-corrected chi connectivity index (χ0v) is 11.2. The van der Waals surface area contributed by atoms with E-state index < -0.39 is 6.10 Å². The molecule has 2 rings (SSSR count). The maximum atomic E-state index is 10.1. The average molecular weight is 247 g/mol. The number of furan rings is 1. The summed E-state index contributed by atoms with van der Waals surface area (Å²) in [6.45, 7) is 6.73. The first kappa shape index (κ1) is 13.1. The predicted octanol–water partition coefficient (Wildman–Crippen LogP) is 3.03. The summed E-state index contributed by atoms with van der Waals surface area (Å²) >= 11 is 0. The number of aliphatic hydroxyl groups is 1. The van der Waals surface area contributed by atoms with Crippen molar-refractivity contribution in [3.05, 3.63) is 35.6 Å². The Morgan fingerprint density at radius 2 is 2.11 bits per heavy atom. The molecule has 2 aromatic rings. The fourth-order valence-electron chi connectivity index (χ4n) is 2.03. The van der Waals surface area contributed by atoms with E-state index in [0.29, 0.717) is 18.3 Å². The second-order valence-corrected chi connectivity index (χ2v) is 4.92. The molecule has 2 N–H and O–H groups in total. The maximum absolute atomic E-state index is 10.1. The molecule has 0 aliphatic rings. The minimum Gasteiger partial charge on any atom is -0.458 e. The van der Waals surface area contributed by atoms with Crippen LogP contribution >= 0.6 is 0 Å². The van der Waals surface area contributed by atoms with E-state index in [2.05, 4.69) is 32.2 Å². The van der Waals surface area contributed by atoms with Crippen LogP contribution in [0.15, 0.2) is 28.7 Å². The van der Waals surface area contributed by atoms with Crippen LogP contribution in [0.2, 0.25) is 0 Å². The van der Waals surface area contributed by atoms with E-state index in [0.717, 1.165) is 17.4 Å². The Bertz CT molecular complexity index is 516. The maximum Gasteiger partial charge on any atom is 0.137 e. The molecule has 1 aromatic heterocycles. The molecule has 3 nitrogen and oxygen atoms in total. The molecule has 0 saturated heterocycles. The Kier molecular flexibility index (Phi) is 4.04. The molecule has 1 aromatic carbocycles. The number of benzene rings is 1. The van der Waals surface area contributed by atoms with Crippen LogP contribution in [-0.2, 0) is 6.42 Å². The summed E-state index contributed by atoms with van der Waals surface area (Å²) in [7, 11) is 0. The number of rotatable bonds is 5. The zero-order chi connectivity index (χ0) is 13.1. The van der Waals surface area contributed by atoms with Crippen LogP contribution in [0.4, 0.5) is 0 Å². The van der Waals surface area contributed by atoms with Gasteiger partial charge in [-0.15, -0.1) is 0 Å². The molecule has 0 amide bonds. The van der Waals surface area contributed by atoms with Crippen molar-refractivity contribution in [1.82, 2.24) is 5.32 Å². The number of aryl methyl sites for hydroxylation is 1. The van der Waals surface area contributed by atoms with Gasteiger partial charge < -0.3 is 14.8 Å². The summed E-state index contributed by atoms with van der Waals surface area (Å²) in [5, 5.41) is 14.3. The first-order valence-electron chi connectivity index (χ1n) is 6.54. The van der Waals surface area contributed by atoms with E-state index in [-0.39, 0.29) is 0 Å². The fourth-order valence-corrected chi connectivity index (χ4v) is 2.03. The van der Waals surface area contributed by atoms with Crippen molar-refractivity contribution < 1.29 is 9.52 Å². The predicted molar refractivity (Wildman–Crippen MR) is 73.7 cm³/mol. The number of para-hydroxylation sites is 1. The second kappa shape index (κ2) is 5.55. The molecule has 0 saturated carbocycles. The van der Waals surface area contributed by atoms with Gasteiger partial charge in [-0.05, 0) is 18.1 Å². The van der Waals surface area contributed by atoms with Gasteiger partial charge in [0, 0.05) is 18.0 Å². The van der Waals surface area contributed by atoms with Crippen LogP contribution < -0.4 is 5.32 Å². The number of fused-ring (bicyclic) bond motifs is 1. The third kappa shape index (κ3) is 2.74. The first-order valence-corrected chi connectivity index (χ1v) is 6.54. The van der Waals surface area contributed by atoms with E-state index in [1.165, 1.54) is 5.56 Å². The highest BCUT2D eigenvalue weighted by Gasteiger charge is 2.14. The Hall–Kier alpha value is -1.32. The smallest absolute Gasteiger partial charge is 0.137 e. The number of aliphatic hydroxyl groups excluding tert-OH is 1. The van der Waals surface area contributed by atoms with Gasteiger partial charge in [0.15, 0.2) is 0 Å². The molecule has 18 heavy (non-hydrogen) atoms. The zero-order valence-electron chi connectivity index (χ0n) is 11.2. The molecule has 0 fully saturated rings. The normalized spacial score (nSPS) is 13.4. The summed E-state index contributed by atoms with van der Waals surface area (Å²) < 4.78 is 5.79. The van der Waals surface area contributed by atoms with Gasteiger partial charge in [-0.2, -0.15) is 0 Å². The van der Waals surface area contributed by atoms with Crippen LogP contribution in [0.5, 0.6) is 0 Å². The van der Waals surface area contributed by atoms with Crippen LogP contribution in [0, 0.1) is 0 Å². The molecular formula is C15H21NO2. The van der Waals surface area contributed by atoms with E-state index in [1.54, 1.807) is 0 Å². The summed E-state index contributed by atoms with van der Waals surface area (Å²) in [6.07, 6.45) is 0.342. The molecule has 1 unspecified atom stereocenters. The Labute approximate surface area is 108 Å². The van der Waals surface area contributed by atoms with Crippen molar-refractivity contribution in [2.24, 2.45) is 0 Å². The summed E-state index contributed by atoms with van der Waals surface area (Å²) in [6, 6.07) is 8.40. The minimum absolute atomic E-state index is 0.357. The van der Waals surface area contributed by atoms with Crippen LogP contribution in [0.1, 0.15) is 38.2 Å². The van der Waals surface area contributed by atoms with Gasteiger partial charge in [-0.1, -0.05) is 39.0 Å². The van der Waals surface area contributed by atoms with Gasteiger partial charge in [0.1, 0.15) is 17.4 Å². The number of hydrogen-bond donors (Lipinski definition) is 2. The molecule has 1 heterocycles. The van der Waals surface area contributed by atoms with Gasteiger partial charge >= 0.3 is 0 Å². The number of hydrogen-bond acceptors (Lipinski definition) is 3. The minimum atomic E-state index is -0.593. The lowest BCUT2D eigenvalue weighted by atomic mass is 10.1. The van der Waals surface area contributed by atoms with E-state index in [9.17, 15) is 5.11 Å². The van der Waals surface area contributed by atoms with E-state index in [1.807, 2.05) is 18.2 Å². The van der Waals surface area contributed by atoms with Crippen molar-refractivity contribution in [2.45, 2.75) is 39.3 Å². The van der Waals surface area contributed by atoms with Crippen LogP contribution in [-0.4, -0.2) is 17.7 Å². The highest BCUT2D eigenvalue weighted by molar-refractivity contribution is 5.81. The lowest BCUT2D eigenvalue weighted by Crippen LogP contribution is -2.27. The Morgan fingerprint density at radius 3 is 2.78 bits per heavy atom. The van der Waals surface area contributed by atoms with E-state index in [4.69, 9.17) is 4.42 Å². The molecule has 3 heteroatoms. The van der Waals surface area contributed by atoms with Gasteiger partial charge in [0.25, 0.3) is 0 Å². The summed E-state index contributed by atoms with van der Waals surface area (Å²) in [5.74, 6) is 0.638. The molecular weight excluding hydrogens is 226 g/mol. The van der Waals surface area contributed by atoms with Crippen molar-refractivity contribution in [1.29, 1.82) is 0 Å². The standard InChI is InChI=1S/C15H21NO2/c1-4-11-6-5-7-12-8-14(18-15(11)12)13(17)9-16-10(2)3/h5-8,10,13,16-17H,4,9H2,1-3H3. The third-order valence-corrected chi connectivity index (χ3v) is 3.07. The molecule has 1 atom stereocenters. The second-order valence-electron chi connectivity index (χ2n) is 4.92. The third-order valence-electron chi connectivity index (χ3n) is 3.07. The van der Waals surface area contributed by atoms with Gasteiger partial charge in [0.2, 0.25) is 0 Å². The summed E-state index contributed by atoms with van der Waals surface area (Å²) in [4.78, 5) is 0. The molecule has 0 radical (unpaired) electrons. The van der Waals surface area contributed by atoms with E-state index >= 15 is 0 Å². The fraction of sp³-hybridized carbons (Fsp3) is 0.467. The average Bonchev–Trinajstić information content (AvgIpc) is 2.79. The number of nitrogens with one attached hydrogen (secondary N) is 1. The molecule has 0 bridgehead atoms. The molecule has 0 aliphatic carbocycles. The topological polar surface area (TPSA) is 45.4 Å². The van der Waals surface area contributed by atoms with Crippen molar-refractivity contribution in [3.8, 4) is 0 Å². The van der Waals surface area contributed by atoms with Gasteiger partial charge in [0.05, 0.1) is 0 Å².